The second kappa shape index (κ2) is 10.2. The van der Waals surface area contributed by atoms with E-state index in [9.17, 15) is 9.18 Å². The maximum atomic E-state index is 13.4. The normalized spacial score (nSPS) is 23.2. The summed E-state index contributed by atoms with van der Waals surface area (Å²) < 4.78 is 22.7. The fraction of sp³-hybridized carbons (Fsp3) is 0.458. The van der Waals surface area contributed by atoms with Gasteiger partial charge in [0.15, 0.2) is 0 Å². The van der Waals surface area contributed by atoms with E-state index in [0.717, 1.165) is 29.7 Å². The van der Waals surface area contributed by atoms with Gasteiger partial charge >= 0.3 is 177 Å². The van der Waals surface area contributed by atoms with Crippen molar-refractivity contribution in [3.63, 3.8) is 0 Å². The van der Waals surface area contributed by atoms with Gasteiger partial charge in [0.25, 0.3) is 0 Å². The van der Waals surface area contributed by atoms with Crippen molar-refractivity contribution in [1.29, 1.82) is 0 Å². The van der Waals surface area contributed by atoms with E-state index in [2.05, 4.69) is 5.32 Å². The van der Waals surface area contributed by atoms with Crippen molar-refractivity contribution in [3.05, 3.63) is 65.5 Å². The number of urea groups is 1. The summed E-state index contributed by atoms with van der Waals surface area (Å²) in [5.41, 5.74) is 1.99. The number of hydrogen-bond donors (Lipinski definition) is 1. The van der Waals surface area contributed by atoms with Gasteiger partial charge in [-0.15, -0.1) is 0 Å². The fourth-order valence-electron chi connectivity index (χ4n) is 4.47. The van der Waals surface area contributed by atoms with Crippen LogP contribution in [0.4, 0.5) is 9.18 Å². The van der Waals surface area contributed by atoms with E-state index in [4.69, 9.17) is 4.74 Å². The van der Waals surface area contributed by atoms with Crippen LogP contribution in [-0.4, -0.2) is 57.2 Å². The van der Waals surface area contributed by atoms with Crippen molar-refractivity contribution >= 4 is 6.03 Å². The summed E-state index contributed by atoms with van der Waals surface area (Å²) in [5, 5.41) is 3.10. The van der Waals surface area contributed by atoms with Crippen LogP contribution in [-0.2, 0) is 13.1 Å². The first kappa shape index (κ1) is 22.3. The number of alkyl halides is 2. The van der Waals surface area contributed by atoms with Crippen LogP contribution < -0.4 is 31.3 Å². The Hall–Kier alpha value is -1.87. The summed E-state index contributed by atoms with van der Waals surface area (Å²) >= 11 is 0.379. The number of carbonyl (C=O) groups is 1. The molecule has 2 amide bonds. The van der Waals surface area contributed by atoms with Crippen LogP contribution >= 0.6 is 0 Å². The third-order valence-corrected chi connectivity index (χ3v) is 9.65. The molecule has 0 radical (unpaired) electrons. The van der Waals surface area contributed by atoms with E-state index >= 15 is 0 Å². The number of methoxy groups -OCH3 is 1. The summed E-state index contributed by atoms with van der Waals surface area (Å²) in [6.07, 6.45) is 2.09. The maximum absolute atomic E-state index is 13.4. The second-order valence-corrected chi connectivity index (χ2v) is 11.3. The van der Waals surface area contributed by atoms with Crippen LogP contribution in [0.25, 0.3) is 0 Å². The van der Waals surface area contributed by atoms with E-state index in [1.54, 1.807) is 19.2 Å². The van der Waals surface area contributed by atoms with Crippen LogP contribution in [0.5, 0.6) is 5.75 Å². The van der Waals surface area contributed by atoms with Gasteiger partial charge in [-0.3, -0.25) is 0 Å². The van der Waals surface area contributed by atoms with Crippen molar-refractivity contribution in [2.45, 2.75) is 32.0 Å². The minimum atomic E-state index is -0.249. The topological polar surface area (TPSA) is 41.6 Å². The molecule has 5 nitrogen and oxygen atoms in total. The summed E-state index contributed by atoms with van der Waals surface area (Å²) in [4.78, 5) is 15.2. The number of nitrogens with one attached hydrogen (secondary N) is 1. The molecule has 2 aromatic rings. The van der Waals surface area contributed by atoms with Crippen LogP contribution in [0.1, 0.15) is 24.0 Å². The number of piperidine rings is 1. The predicted octanol–water partition coefficient (Wildman–Crippen LogP) is 0.585. The molecule has 2 saturated heterocycles. The van der Waals surface area contributed by atoms with Crippen molar-refractivity contribution < 1.29 is 39.6 Å². The standard InChI is InChI=1S/C24H31FIN3O2/c1-31-23-8-4-19(5-9-23)16-27-24(30)28(17-20-2-6-21(25)7-3-20)22-10-13-29(14-11-22)15-12-26-18-29/h2-9,22H,10-18H2,1H3,(H,27,30). The molecule has 0 aromatic heterocycles. The Morgan fingerprint density at radius 2 is 1.77 bits per heavy atom. The Morgan fingerprint density at radius 3 is 2.39 bits per heavy atom. The molecule has 2 aliphatic heterocycles. The van der Waals surface area contributed by atoms with Crippen LogP contribution in [0.3, 0.4) is 0 Å². The number of benzene rings is 2. The third-order valence-electron chi connectivity index (χ3n) is 6.47. The van der Waals surface area contributed by atoms with Crippen LogP contribution in [0.2, 0.25) is 0 Å². The molecule has 2 fully saturated rings. The molecule has 7 heteroatoms. The van der Waals surface area contributed by atoms with Gasteiger partial charge in [0.1, 0.15) is 5.75 Å². The molecule has 1 spiro atoms. The molecule has 168 valence electrons. The number of hydrogen-bond acceptors (Lipinski definition) is 2. The molecule has 0 saturated carbocycles. The number of quaternary nitrogens is 1. The molecule has 31 heavy (non-hydrogen) atoms. The molecule has 0 unspecified atom stereocenters. The Labute approximate surface area is 194 Å². The summed E-state index contributed by atoms with van der Waals surface area (Å²) in [5.74, 6) is 0.553. The summed E-state index contributed by atoms with van der Waals surface area (Å²) in [6.45, 7) is 4.67. The summed E-state index contributed by atoms with van der Waals surface area (Å²) in [7, 11) is 1.64. The Balaban J connectivity index is 1.43. The number of amides is 2. The first-order valence-electron chi connectivity index (χ1n) is 10.9. The van der Waals surface area contributed by atoms with Gasteiger partial charge in [0.05, 0.1) is 7.11 Å². The number of nitrogens with zero attached hydrogens (tertiary/aromatic N) is 2. The number of carbonyl (C=O) groups excluding carboxylic acids is 1. The van der Waals surface area contributed by atoms with Crippen molar-refractivity contribution in [2.75, 3.05) is 35.7 Å². The SMILES string of the molecule is COc1ccc(CNC(=O)N(Cc2ccc(F)cc2)C2CC[N+]3(CC[I-]C3)CC2)cc1. The van der Waals surface area contributed by atoms with Crippen molar-refractivity contribution in [1.82, 2.24) is 10.2 Å². The number of halogens is 2. The van der Waals surface area contributed by atoms with Gasteiger partial charge < -0.3 is 4.74 Å². The second-order valence-electron chi connectivity index (χ2n) is 8.50. The molecule has 0 atom stereocenters. The van der Waals surface area contributed by atoms with E-state index in [1.807, 2.05) is 29.2 Å². The van der Waals surface area contributed by atoms with E-state index in [1.165, 1.54) is 45.2 Å². The summed E-state index contributed by atoms with van der Waals surface area (Å²) in [6, 6.07) is 14.4. The molecule has 0 aliphatic carbocycles. The Kier molecular flexibility index (Phi) is 7.32. The monoisotopic (exact) mass is 539 g/mol. The van der Waals surface area contributed by atoms with Gasteiger partial charge in [-0.1, -0.05) is 0 Å². The first-order valence-corrected chi connectivity index (χ1v) is 13.9. The third kappa shape index (κ3) is 5.68. The molecule has 1 N–H and O–H groups in total. The molecule has 2 aliphatic rings. The minimum absolute atomic E-state index is 0.0487. The molecule has 4 rings (SSSR count). The molecule has 0 bridgehead atoms. The zero-order chi connectivity index (χ0) is 21.7. The molecular formula is C24H31FIN3O2. The Morgan fingerprint density at radius 1 is 1.10 bits per heavy atom. The molecule has 2 heterocycles. The van der Waals surface area contributed by atoms with Crippen LogP contribution in [0.15, 0.2) is 48.5 Å². The van der Waals surface area contributed by atoms with Crippen molar-refractivity contribution in [2.24, 2.45) is 0 Å². The van der Waals surface area contributed by atoms with Gasteiger partial charge in [-0.25, -0.2) is 0 Å². The zero-order valence-corrected chi connectivity index (χ0v) is 20.2. The molecular weight excluding hydrogens is 508 g/mol. The van der Waals surface area contributed by atoms with Gasteiger partial charge in [0.2, 0.25) is 0 Å². The average molecular weight is 539 g/mol. The van der Waals surface area contributed by atoms with Gasteiger partial charge in [-0.05, 0) is 0 Å². The molecule has 2 aromatic carbocycles. The van der Waals surface area contributed by atoms with Gasteiger partial charge in [-0.2, -0.15) is 0 Å². The zero-order valence-electron chi connectivity index (χ0n) is 18.0. The predicted molar refractivity (Wildman–Crippen MR) is 115 cm³/mol. The van der Waals surface area contributed by atoms with Gasteiger partial charge in [0, 0.05) is 0 Å². The van der Waals surface area contributed by atoms with E-state index < -0.39 is 0 Å². The van der Waals surface area contributed by atoms with Crippen molar-refractivity contribution in [3.8, 4) is 5.75 Å². The number of rotatable bonds is 6. The average Bonchev–Trinajstić information content (AvgIpc) is 3.26. The van der Waals surface area contributed by atoms with Crippen LogP contribution in [0, 0.1) is 5.82 Å². The number of ether oxygens (including phenoxy) is 1. The first-order chi connectivity index (χ1) is 15.1. The van der Waals surface area contributed by atoms with E-state index in [0.29, 0.717) is 34.3 Å². The Bertz CT molecular complexity index is 859. The van der Waals surface area contributed by atoms with E-state index in [-0.39, 0.29) is 17.9 Å². The quantitative estimate of drug-likeness (QED) is 0.253. The fourth-order valence-corrected chi connectivity index (χ4v) is 8.22.